The summed E-state index contributed by atoms with van der Waals surface area (Å²) >= 11 is 0. The lowest BCUT2D eigenvalue weighted by molar-refractivity contribution is -0.117. The monoisotopic (exact) mass is 406 g/mol. The van der Waals surface area contributed by atoms with E-state index in [0.29, 0.717) is 19.0 Å². The number of likely N-dealkylation sites (N-methyl/N-ethyl adjacent to an activating group) is 1. The van der Waals surface area contributed by atoms with E-state index in [-0.39, 0.29) is 11.9 Å². The first kappa shape index (κ1) is 20.3. The zero-order chi connectivity index (χ0) is 21.1. The highest BCUT2D eigenvalue weighted by molar-refractivity contribution is 5.96. The fraction of sp³-hybridized carbons (Fsp3) is 0.417. The maximum absolute atomic E-state index is 12.9. The first-order valence-electron chi connectivity index (χ1n) is 10.8. The first-order valence-corrected chi connectivity index (χ1v) is 10.8. The average Bonchev–Trinajstić information content (AvgIpc) is 3.20. The van der Waals surface area contributed by atoms with Gasteiger partial charge in [-0.3, -0.25) is 4.79 Å². The molecule has 1 N–H and O–H groups in total. The predicted molar refractivity (Wildman–Crippen MR) is 121 cm³/mol. The molecule has 0 bridgehead atoms. The van der Waals surface area contributed by atoms with Gasteiger partial charge in [0.1, 0.15) is 0 Å². The van der Waals surface area contributed by atoms with Crippen molar-refractivity contribution in [2.45, 2.75) is 38.6 Å². The van der Waals surface area contributed by atoms with E-state index >= 15 is 0 Å². The molecule has 0 unspecified atom stereocenters. The number of carbonyl (C=O) groups excluding carboxylic acids is 2. The lowest BCUT2D eigenvalue weighted by Gasteiger charge is -2.38. The molecule has 4 rings (SSSR count). The van der Waals surface area contributed by atoms with Crippen molar-refractivity contribution in [1.29, 1.82) is 0 Å². The number of nitrogens with zero attached hydrogens (tertiary/aromatic N) is 3. The predicted octanol–water partition coefficient (Wildman–Crippen LogP) is 4.25. The van der Waals surface area contributed by atoms with Crippen LogP contribution in [-0.4, -0.2) is 49.6 Å². The molecule has 0 radical (unpaired) electrons. The summed E-state index contributed by atoms with van der Waals surface area (Å²) in [6, 6.07) is 16.3. The summed E-state index contributed by atoms with van der Waals surface area (Å²) in [5.74, 6) is 0.150. The lowest BCUT2D eigenvalue weighted by Crippen LogP contribution is -2.50. The van der Waals surface area contributed by atoms with Gasteiger partial charge in [-0.1, -0.05) is 23.8 Å². The van der Waals surface area contributed by atoms with Gasteiger partial charge in [0, 0.05) is 56.2 Å². The van der Waals surface area contributed by atoms with Gasteiger partial charge in [-0.2, -0.15) is 0 Å². The molecular weight excluding hydrogens is 376 g/mol. The van der Waals surface area contributed by atoms with Gasteiger partial charge in [0.2, 0.25) is 5.91 Å². The molecule has 0 spiro atoms. The van der Waals surface area contributed by atoms with Gasteiger partial charge in [-0.05, 0) is 56.5 Å². The number of nitrogens with one attached hydrogen (secondary N) is 1. The minimum atomic E-state index is -0.0816. The van der Waals surface area contributed by atoms with Crippen molar-refractivity contribution in [2.75, 3.05) is 41.8 Å². The maximum Gasteiger partial charge on any atom is 0.321 e. The van der Waals surface area contributed by atoms with Gasteiger partial charge in [-0.25, -0.2) is 4.79 Å². The smallest absolute Gasteiger partial charge is 0.321 e. The topological polar surface area (TPSA) is 55.9 Å². The van der Waals surface area contributed by atoms with E-state index in [9.17, 15) is 9.59 Å². The van der Waals surface area contributed by atoms with E-state index < -0.39 is 0 Å². The third kappa shape index (κ3) is 4.42. The van der Waals surface area contributed by atoms with Crippen LogP contribution in [0.4, 0.5) is 21.9 Å². The summed E-state index contributed by atoms with van der Waals surface area (Å²) in [5.41, 5.74) is 4.00. The molecule has 158 valence electrons. The molecule has 2 aliphatic rings. The molecule has 0 aliphatic carbocycles. The van der Waals surface area contributed by atoms with Gasteiger partial charge >= 0.3 is 6.03 Å². The fourth-order valence-corrected chi connectivity index (χ4v) is 4.32. The second-order valence-electron chi connectivity index (χ2n) is 8.32. The van der Waals surface area contributed by atoms with Gasteiger partial charge in [0.05, 0.1) is 0 Å². The van der Waals surface area contributed by atoms with Crippen molar-refractivity contribution in [3.63, 3.8) is 0 Å². The van der Waals surface area contributed by atoms with Crippen LogP contribution >= 0.6 is 0 Å². The number of hydrogen-bond acceptors (Lipinski definition) is 3. The van der Waals surface area contributed by atoms with Crippen LogP contribution in [0, 0.1) is 6.92 Å². The van der Waals surface area contributed by atoms with Crippen molar-refractivity contribution < 1.29 is 9.59 Å². The van der Waals surface area contributed by atoms with Crippen LogP contribution in [0.3, 0.4) is 0 Å². The second kappa shape index (κ2) is 8.78. The SMILES string of the molecule is Cc1ccc(N(C)[C@@H]2CCCN(C(=O)Nc3cccc(N4CCCC4=O)c3)C2)cc1. The zero-order valence-corrected chi connectivity index (χ0v) is 17.8. The summed E-state index contributed by atoms with van der Waals surface area (Å²) < 4.78 is 0. The van der Waals surface area contributed by atoms with Crippen LogP contribution in [-0.2, 0) is 4.79 Å². The number of likely N-dealkylation sites (tertiary alicyclic amines) is 1. The second-order valence-corrected chi connectivity index (χ2v) is 8.32. The van der Waals surface area contributed by atoms with Crippen molar-refractivity contribution in [1.82, 2.24) is 4.90 Å². The van der Waals surface area contributed by atoms with Crippen molar-refractivity contribution in [3.8, 4) is 0 Å². The van der Waals surface area contributed by atoms with E-state index in [1.165, 1.54) is 11.3 Å². The van der Waals surface area contributed by atoms with Crippen molar-refractivity contribution >= 4 is 29.0 Å². The Labute approximate surface area is 178 Å². The number of rotatable bonds is 4. The number of piperidine rings is 1. The molecule has 2 heterocycles. The molecule has 2 aromatic carbocycles. The molecule has 2 fully saturated rings. The quantitative estimate of drug-likeness (QED) is 0.826. The first-order chi connectivity index (χ1) is 14.5. The van der Waals surface area contributed by atoms with E-state index in [1.54, 1.807) is 4.90 Å². The van der Waals surface area contributed by atoms with Gasteiger partial charge in [0.15, 0.2) is 0 Å². The Hall–Kier alpha value is -3.02. The minimum Gasteiger partial charge on any atom is -0.370 e. The van der Waals surface area contributed by atoms with E-state index in [1.807, 2.05) is 29.2 Å². The normalized spacial score (nSPS) is 19.1. The molecule has 0 aromatic heterocycles. The zero-order valence-electron chi connectivity index (χ0n) is 17.8. The molecule has 3 amide bonds. The van der Waals surface area contributed by atoms with E-state index in [4.69, 9.17) is 0 Å². The van der Waals surface area contributed by atoms with Crippen LogP contribution in [0.1, 0.15) is 31.2 Å². The summed E-state index contributed by atoms with van der Waals surface area (Å²) in [6.45, 7) is 4.29. The molecular formula is C24H30N4O2. The number of benzene rings is 2. The van der Waals surface area contributed by atoms with E-state index in [0.717, 1.165) is 43.7 Å². The Morgan fingerprint density at radius 2 is 1.90 bits per heavy atom. The standard InChI is InChI=1S/C24H30N4O2/c1-18-10-12-20(13-11-18)26(2)22-8-4-14-27(17-22)24(30)25-19-6-3-7-21(16-19)28-15-5-9-23(28)29/h3,6-7,10-13,16,22H,4-5,8-9,14-15,17H2,1-2H3,(H,25,30)/t22-/m1/s1. The number of anilines is 3. The molecule has 2 saturated heterocycles. The number of aryl methyl sites for hydroxylation is 1. The average molecular weight is 407 g/mol. The van der Waals surface area contributed by atoms with E-state index in [2.05, 4.69) is 48.5 Å². The lowest BCUT2D eigenvalue weighted by atomic mass is 10.0. The molecule has 0 saturated carbocycles. The Kier molecular flexibility index (Phi) is 5.93. The summed E-state index contributed by atoms with van der Waals surface area (Å²) in [4.78, 5) is 30.9. The third-order valence-corrected chi connectivity index (χ3v) is 6.16. The van der Waals surface area contributed by atoms with Crippen LogP contribution in [0.15, 0.2) is 48.5 Å². The molecule has 6 nitrogen and oxygen atoms in total. The number of amides is 3. The number of carbonyl (C=O) groups is 2. The summed E-state index contributed by atoms with van der Waals surface area (Å²) in [5, 5.41) is 3.03. The Balaban J connectivity index is 1.40. The van der Waals surface area contributed by atoms with Gasteiger partial charge in [0.25, 0.3) is 0 Å². The minimum absolute atomic E-state index is 0.0816. The Morgan fingerprint density at radius 1 is 1.10 bits per heavy atom. The van der Waals surface area contributed by atoms with Crippen molar-refractivity contribution in [3.05, 3.63) is 54.1 Å². The highest BCUT2D eigenvalue weighted by Gasteiger charge is 2.27. The highest BCUT2D eigenvalue weighted by Crippen LogP contribution is 2.26. The molecule has 6 heteroatoms. The number of hydrogen-bond donors (Lipinski definition) is 1. The van der Waals surface area contributed by atoms with Gasteiger partial charge in [-0.15, -0.1) is 0 Å². The molecule has 2 aliphatic heterocycles. The maximum atomic E-state index is 12.9. The molecule has 30 heavy (non-hydrogen) atoms. The van der Waals surface area contributed by atoms with Crippen molar-refractivity contribution in [2.24, 2.45) is 0 Å². The Morgan fingerprint density at radius 3 is 2.63 bits per heavy atom. The fourth-order valence-electron chi connectivity index (χ4n) is 4.32. The van der Waals surface area contributed by atoms with Crippen LogP contribution in [0.25, 0.3) is 0 Å². The van der Waals surface area contributed by atoms with Gasteiger partial charge < -0.3 is 20.0 Å². The largest absolute Gasteiger partial charge is 0.370 e. The van der Waals surface area contributed by atoms with Crippen LogP contribution < -0.4 is 15.1 Å². The van der Waals surface area contributed by atoms with Crippen LogP contribution in [0.2, 0.25) is 0 Å². The van der Waals surface area contributed by atoms with Crippen LogP contribution in [0.5, 0.6) is 0 Å². The number of urea groups is 1. The Bertz CT molecular complexity index is 912. The summed E-state index contributed by atoms with van der Waals surface area (Å²) in [6.07, 6.45) is 3.54. The summed E-state index contributed by atoms with van der Waals surface area (Å²) in [7, 11) is 2.10. The third-order valence-electron chi connectivity index (χ3n) is 6.16. The molecule has 1 atom stereocenters. The molecule has 2 aromatic rings. The highest BCUT2D eigenvalue weighted by atomic mass is 16.2.